The average Bonchev–Trinajstić information content (AvgIpc) is 2.64. The van der Waals surface area contributed by atoms with Gasteiger partial charge >= 0.3 is 0 Å². The van der Waals surface area contributed by atoms with E-state index in [0.29, 0.717) is 28.2 Å². The molecule has 4 fully saturated rings. The van der Waals surface area contributed by atoms with E-state index in [1.807, 2.05) is 26.0 Å². The smallest absolute Gasteiger partial charge is 0.118 e. The Hall–Kier alpha value is -1.96. The van der Waals surface area contributed by atoms with Crippen molar-refractivity contribution in [2.45, 2.75) is 84.0 Å². The van der Waals surface area contributed by atoms with Gasteiger partial charge in [0.15, 0.2) is 0 Å². The van der Waals surface area contributed by atoms with E-state index >= 15 is 0 Å². The van der Waals surface area contributed by atoms with Crippen LogP contribution in [0.5, 0.6) is 11.5 Å². The molecule has 0 heterocycles. The first-order valence-corrected chi connectivity index (χ1v) is 11.6. The van der Waals surface area contributed by atoms with Gasteiger partial charge in [0.25, 0.3) is 0 Å². The minimum absolute atomic E-state index is 0.165. The van der Waals surface area contributed by atoms with Crippen LogP contribution in [0.15, 0.2) is 36.4 Å². The first-order valence-electron chi connectivity index (χ1n) is 11.6. The molecule has 2 aromatic rings. The molecular weight excluding hydrogens is 368 g/mol. The van der Waals surface area contributed by atoms with E-state index in [1.54, 1.807) is 0 Å². The molecule has 160 valence electrons. The molecule has 30 heavy (non-hydrogen) atoms. The van der Waals surface area contributed by atoms with Crippen LogP contribution in [0.3, 0.4) is 0 Å². The maximum atomic E-state index is 10.2. The molecule has 4 bridgehead atoms. The summed E-state index contributed by atoms with van der Waals surface area (Å²) < 4.78 is 0. The SMILES string of the molecule is Cc1cc(C23CC4(C)CC(c5ccc(O)c(C)c5)(C2)CC(C(C)C)(C4)C3)ccc1O. The lowest BCUT2D eigenvalue weighted by Crippen LogP contribution is -2.64. The van der Waals surface area contributed by atoms with E-state index in [-0.39, 0.29) is 10.8 Å². The Kier molecular flexibility index (Phi) is 4.03. The maximum Gasteiger partial charge on any atom is 0.118 e. The van der Waals surface area contributed by atoms with Gasteiger partial charge in [0.2, 0.25) is 0 Å². The Labute approximate surface area is 181 Å². The molecule has 4 aliphatic carbocycles. The molecule has 4 aliphatic rings. The van der Waals surface area contributed by atoms with Crippen LogP contribution in [0.1, 0.15) is 81.5 Å². The van der Waals surface area contributed by atoms with E-state index in [1.165, 1.54) is 49.7 Å². The molecule has 0 aliphatic heterocycles. The Morgan fingerprint density at radius 3 is 1.57 bits per heavy atom. The van der Waals surface area contributed by atoms with Crippen molar-refractivity contribution in [2.24, 2.45) is 16.7 Å². The summed E-state index contributed by atoms with van der Waals surface area (Å²) in [6, 6.07) is 12.7. The molecule has 0 aromatic heterocycles. The summed E-state index contributed by atoms with van der Waals surface area (Å²) in [6.07, 6.45) is 7.52. The second-order valence-electron chi connectivity index (χ2n) is 12.0. The van der Waals surface area contributed by atoms with Gasteiger partial charge in [-0.05, 0) is 114 Å². The van der Waals surface area contributed by atoms with Crippen LogP contribution in [-0.2, 0) is 10.8 Å². The number of aryl methyl sites for hydroxylation is 2. The molecule has 2 N–H and O–H groups in total. The molecule has 4 saturated carbocycles. The maximum absolute atomic E-state index is 10.2. The van der Waals surface area contributed by atoms with Gasteiger partial charge in [0.1, 0.15) is 11.5 Å². The van der Waals surface area contributed by atoms with Crippen LogP contribution in [0, 0.1) is 30.6 Å². The third-order valence-electron chi connectivity index (χ3n) is 9.21. The summed E-state index contributed by atoms with van der Waals surface area (Å²) in [4.78, 5) is 0. The number of benzene rings is 2. The first kappa shape index (κ1) is 20.0. The van der Waals surface area contributed by atoms with Crippen molar-refractivity contribution >= 4 is 0 Å². The highest BCUT2D eigenvalue weighted by molar-refractivity contribution is 5.46. The van der Waals surface area contributed by atoms with Crippen LogP contribution in [0.25, 0.3) is 0 Å². The van der Waals surface area contributed by atoms with Crippen LogP contribution in [0.2, 0.25) is 0 Å². The van der Waals surface area contributed by atoms with Crippen molar-refractivity contribution in [3.8, 4) is 11.5 Å². The fourth-order valence-electron chi connectivity index (χ4n) is 8.42. The van der Waals surface area contributed by atoms with Gasteiger partial charge in [-0.2, -0.15) is 0 Å². The second kappa shape index (κ2) is 6.05. The third-order valence-corrected chi connectivity index (χ3v) is 9.21. The Bertz CT molecular complexity index is 950. The predicted molar refractivity (Wildman–Crippen MR) is 122 cm³/mol. The first-order chi connectivity index (χ1) is 14.0. The van der Waals surface area contributed by atoms with E-state index in [4.69, 9.17) is 0 Å². The van der Waals surface area contributed by atoms with E-state index < -0.39 is 0 Å². The zero-order valence-electron chi connectivity index (χ0n) is 19.2. The van der Waals surface area contributed by atoms with Crippen molar-refractivity contribution in [3.05, 3.63) is 58.7 Å². The van der Waals surface area contributed by atoms with Gasteiger partial charge in [0.05, 0.1) is 0 Å². The van der Waals surface area contributed by atoms with Crippen LogP contribution in [0.4, 0.5) is 0 Å². The van der Waals surface area contributed by atoms with Crippen molar-refractivity contribution in [2.75, 3.05) is 0 Å². The molecule has 2 nitrogen and oxygen atoms in total. The van der Waals surface area contributed by atoms with Crippen LogP contribution < -0.4 is 0 Å². The molecular formula is C28H36O2. The molecule has 0 amide bonds. The lowest BCUT2D eigenvalue weighted by atomic mass is 9.32. The fraction of sp³-hybridized carbons (Fsp3) is 0.571. The van der Waals surface area contributed by atoms with Gasteiger partial charge in [-0.1, -0.05) is 45.0 Å². The molecule has 2 unspecified atom stereocenters. The predicted octanol–water partition coefficient (Wildman–Crippen LogP) is 6.92. The molecule has 2 atom stereocenters. The topological polar surface area (TPSA) is 40.5 Å². The van der Waals surface area contributed by atoms with Crippen molar-refractivity contribution in [3.63, 3.8) is 0 Å². The summed E-state index contributed by atoms with van der Waals surface area (Å²) in [5.41, 5.74) is 5.83. The zero-order chi connectivity index (χ0) is 21.5. The van der Waals surface area contributed by atoms with Crippen LogP contribution in [-0.4, -0.2) is 10.2 Å². The molecule has 6 rings (SSSR count). The van der Waals surface area contributed by atoms with E-state index in [0.717, 1.165) is 11.1 Å². The minimum atomic E-state index is 0.165. The quantitative estimate of drug-likeness (QED) is 0.583. The highest BCUT2D eigenvalue weighted by Crippen LogP contribution is 2.75. The van der Waals surface area contributed by atoms with Crippen molar-refractivity contribution in [1.29, 1.82) is 0 Å². The standard InChI is InChI=1S/C28H36O2/c1-18(2)26-12-25(5)13-27(15-26,21-6-8-23(29)19(3)10-21)17-28(14-25,16-26)22-7-9-24(30)20(4)11-22/h6-11,18,29-30H,12-17H2,1-5H3. The van der Waals surface area contributed by atoms with Crippen molar-refractivity contribution < 1.29 is 10.2 Å². The number of phenolic OH excluding ortho intramolecular Hbond substituents is 2. The summed E-state index contributed by atoms with van der Waals surface area (Å²) >= 11 is 0. The number of hydrogen-bond acceptors (Lipinski definition) is 2. The molecule has 0 radical (unpaired) electrons. The van der Waals surface area contributed by atoms with E-state index in [9.17, 15) is 10.2 Å². The minimum Gasteiger partial charge on any atom is -0.508 e. The zero-order valence-corrected chi connectivity index (χ0v) is 19.2. The Balaban J connectivity index is 1.72. The average molecular weight is 405 g/mol. The molecule has 0 spiro atoms. The van der Waals surface area contributed by atoms with Gasteiger partial charge in [0, 0.05) is 0 Å². The lowest BCUT2D eigenvalue weighted by molar-refractivity contribution is -0.153. The number of rotatable bonds is 3. The summed E-state index contributed by atoms with van der Waals surface area (Å²) in [5, 5.41) is 20.4. The number of hydrogen-bond donors (Lipinski definition) is 2. The van der Waals surface area contributed by atoms with Crippen LogP contribution >= 0.6 is 0 Å². The monoisotopic (exact) mass is 404 g/mol. The Morgan fingerprint density at radius 1 is 0.700 bits per heavy atom. The van der Waals surface area contributed by atoms with Crippen molar-refractivity contribution in [1.82, 2.24) is 0 Å². The van der Waals surface area contributed by atoms with Gasteiger partial charge < -0.3 is 10.2 Å². The summed E-state index contributed by atoms with van der Waals surface area (Å²) in [6.45, 7) is 11.5. The molecule has 2 aromatic carbocycles. The Morgan fingerprint density at radius 2 is 1.17 bits per heavy atom. The highest BCUT2D eigenvalue weighted by Gasteiger charge is 2.68. The lowest BCUT2D eigenvalue weighted by Gasteiger charge is -2.72. The van der Waals surface area contributed by atoms with Gasteiger partial charge in [-0.3, -0.25) is 0 Å². The highest BCUT2D eigenvalue weighted by atomic mass is 16.3. The molecule has 2 heteroatoms. The third kappa shape index (κ3) is 2.68. The number of aromatic hydroxyl groups is 2. The second-order valence-corrected chi connectivity index (χ2v) is 12.0. The summed E-state index contributed by atoms with van der Waals surface area (Å²) in [7, 11) is 0. The summed E-state index contributed by atoms with van der Waals surface area (Å²) in [5.74, 6) is 1.45. The van der Waals surface area contributed by atoms with Gasteiger partial charge in [-0.25, -0.2) is 0 Å². The largest absolute Gasteiger partial charge is 0.508 e. The fourth-order valence-corrected chi connectivity index (χ4v) is 8.42. The molecule has 0 saturated heterocycles. The van der Waals surface area contributed by atoms with E-state index in [2.05, 4.69) is 45.0 Å². The normalized spacial score (nSPS) is 37.1. The number of phenols is 2. The van der Waals surface area contributed by atoms with Gasteiger partial charge in [-0.15, -0.1) is 0 Å².